The van der Waals surface area contributed by atoms with Gasteiger partial charge >= 0.3 is 26.7 Å². The van der Waals surface area contributed by atoms with Crippen LogP contribution in [0.15, 0.2) is 12.2 Å². The van der Waals surface area contributed by atoms with E-state index < -0.39 is 49.9 Å². The van der Waals surface area contributed by atoms with Gasteiger partial charge in [-0.25, -0.2) is 9.59 Å². The molecule has 164 valence electrons. The summed E-state index contributed by atoms with van der Waals surface area (Å²) in [7, 11) is -6.05. The SMILES string of the molecule is C[Si](C)(C)O[Si](C)(CCCOC(=O)/C=C/C(=O)OCC(F)(F)F)O[Si](C)(C)C. The van der Waals surface area contributed by atoms with Crippen LogP contribution in [0.5, 0.6) is 0 Å². The molecular formula is C16H31F3O6Si3. The zero-order chi connectivity index (χ0) is 22.2. The van der Waals surface area contributed by atoms with Crippen molar-refractivity contribution in [3.05, 3.63) is 12.2 Å². The molecule has 0 aliphatic rings. The highest BCUT2D eigenvalue weighted by Gasteiger charge is 2.39. The van der Waals surface area contributed by atoms with E-state index in [9.17, 15) is 22.8 Å². The second-order valence-electron chi connectivity index (χ2n) is 8.39. The molecule has 0 radical (unpaired) electrons. The van der Waals surface area contributed by atoms with Crippen molar-refractivity contribution in [1.82, 2.24) is 0 Å². The number of hydrogen-bond donors (Lipinski definition) is 0. The van der Waals surface area contributed by atoms with Gasteiger partial charge in [-0.15, -0.1) is 0 Å². The summed E-state index contributed by atoms with van der Waals surface area (Å²) in [5, 5.41) is 0. The van der Waals surface area contributed by atoms with Crippen LogP contribution in [0.3, 0.4) is 0 Å². The highest BCUT2D eigenvalue weighted by atomic mass is 28.5. The molecule has 0 fully saturated rings. The van der Waals surface area contributed by atoms with E-state index in [0.717, 1.165) is 6.08 Å². The second kappa shape index (κ2) is 10.7. The first-order valence-corrected chi connectivity index (χ1v) is 18.2. The summed E-state index contributed by atoms with van der Waals surface area (Å²) in [6.45, 7) is 13.0. The number of hydrogen-bond acceptors (Lipinski definition) is 6. The first-order valence-electron chi connectivity index (χ1n) is 8.90. The summed E-state index contributed by atoms with van der Waals surface area (Å²) in [6, 6.07) is 0.645. The predicted molar refractivity (Wildman–Crippen MR) is 107 cm³/mol. The molecular weight excluding hydrogens is 429 g/mol. The van der Waals surface area contributed by atoms with Crippen molar-refractivity contribution >= 4 is 37.1 Å². The van der Waals surface area contributed by atoms with Crippen LogP contribution >= 0.6 is 0 Å². The molecule has 0 N–H and O–H groups in total. The van der Waals surface area contributed by atoms with Crippen LogP contribution in [-0.4, -0.2) is 56.5 Å². The zero-order valence-corrected chi connectivity index (χ0v) is 20.6. The number of halogens is 3. The molecule has 0 saturated heterocycles. The van der Waals surface area contributed by atoms with Gasteiger partial charge in [0, 0.05) is 12.2 Å². The van der Waals surface area contributed by atoms with Crippen molar-refractivity contribution in [3.8, 4) is 0 Å². The van der Waals surface area contributed by atoms with E-state index in [1.54, 1.807) is 0 Å². The van der Waals surface area contributed by atoms with Gasteiger partial charge in [-0.1, -0.05) is 0 Å². The van der Waals surface area contributed by atoms with Gasteiger partial charge in [-0.05, 0) is 58.3 Å². The Morgan fingerprint density at radius 2 is 1.25 bits per heavy atom. The molecule has 28 heavy (non-hydrogen) atoms. The Hall–Kier alpha value is -0.959. The van der Waals surface area contributed by atoms with Gasteiger partial charge < -0.3 is 17.7 Å². The molecule has 0 aromatic heterocycles. The number of rotatable bonds is 11. The average molecular weight is 461 g/mol. The van der Waals surface area contributed by atoms with Crippen LogP contribution in [0.2, 0.25) is 51.9 Å². The Morgan fingerprint density at radius 3 is 1.64 bits per heavy atom. The van der Waals surface area contributed by atoms with Crippen LogP contribution in [0.1, 0.15) is 6.42 Å². The monoisotopic (exact) mass is 460 g/mol. The van der Waals surface area contributed by atoms with E-state index in [1.807, 2.05) is 6.55 Å². The summed E-state index contributed by atoms with van der Waals surface area (Å²) in [6.07, 6.45) is -2.74. The maximum atomic E-state index is 11.9. The van der Waals surface area contributed by atoms with Crippen LogP contribution in [0.25, 0.3) is 0 Å². The molecule has 0 atom stereocenters. The van der Waals surface area contributed by atoms with Crippen molar-refractivity contribution in [2.45, 2.75) is 64.5 Å². The van der Waals surface area contributed by atoms with Crippen LogP contribution < -0.4 is 0 Å². The van der Waals surface area contributed by atoms with Gasteiger partial charge in [0.25, 0.3) is 0 Å². The Balaban J connectivity index is 4.46. The minimum absolute atomic E-state index is 0.0908. The standard InChI is InChI=1S/C16H31F3O6Si3/c1-26(2,3)24-28(7,25-27(4,5)6)12-8-11-22-14(20)9-10-15(21)23-13-16(17,18)19/h9-10H,8,11-13H2,1-7H3/b10-9+. The smallest absolute Gasteiger partial charge is 0.422 e. The normalized spacial score (nSPS) is 13.6. The largest absolute Gasteiger partial charge is 0.463 e. The van der Waals surface area contributed by atoms with E-state index >= 15 is 0 Å². The van der Waals surface area contributed by atoms with Crippen molar-refractivity contribution in [2.24, 2.45) is 0 Å². The summed E-state index contributed by atoms with van der Waals surface area (Å²) < 4.78 is 57.3. The van der Waals surface area contributed by atoms with Gasteiger partial charge in [0.1, 0.15) is 0 Å². The highest BCUT2D eigenvalue weighted by Crippen LogP contribution is 2.25. The maximum absolute atomic E-state index is 11.9. The number of ether oxygens (including phenoxy) is 2. The third-order valence-electron chi connectivity index (χ3n) is 2.80. The molecule has 0 aromatic carbocycles. The third-order valence-corrected chi connectivity index (χ3v) is 12.4. The van der Waals surface area contributed by atoms with E-state index in [-0.39, 0.29) is 6.61 Å². The highest BCUT2D eigenvalue weighted by molar-refractivity contribution is 6.87. The fourth-order valence-corrected chi connectivity index (χ4v) is 14.9. The molecule has 0 aromatic rings. The molecule has 0 amide bonds. The Bertz CT molecular complexity index is 537. The third kappa shape index (κ3) is 16.0. The first kappa shape index (κ1) is 27.0. The van der Waals surface area contributed by atoms with E-state index in [2.05, 4.69) is 44.0 Å². The van der Waals surface area contributed by atoms with Crippen molar-refractivity contribution < 1.29 is 40.5 Å². The number of carbonyl (C=O) groups is 2. The van der Waals surface area contributed by atoms with E-state index in [1.165, 1.54) is 0 Å². The predicted octanol–water partition coefficient (Wildman–Crippen LogP) is 4.36. The molecule has 0 unspecified atom stereocenters. The van der Waals surface area contributed by atoms with Gasteiger partial charge in [0.2, 0.25) is 0 Å². The minimum atomic E-state index is -4.61. The van der Waals surface area contributed by atoms with Crippen LogP contribution in [0.4, 0.5) is 13.2 Å². The number of carbonyl (C=O) groups excluding carboxylic acids is 2. The lowest BCUT2D eigenvalue weighted by molar-refractivity contribution is -0.182. The molecule has 0 heterocycles. The number of esters is 2. The van der Waals surface area contributed by atoms with E-state index in [0.29, 0.717) is 18.5 Å². The van der Waals surface area contributed by atoms with Crippen molar-refractivity contribution in [1.29, 1.82) is 0 Å². The summed E-state index contributed by atoms with van der Waals surface area (Å²) in [5.74, 6) is -2.09. The quantitative estimate of drug-likeness (QED) is 0.197. The molecule has 0 rings (SSSR count). The molecule has 0 aliphatic carbocycles. The van der Waals surface area contributed by atoms with E-state index in [4.69, 9.17) is 13.0 Å². The summed E-state index contributed by atoms with van der Waals surface area (Å²) in [5.41, 5.74) is 0. The van der Waals surface area contributed by atoms with Crippen LogP contribution in [0, 0.1) is 0 Å². The molecule has 0 bridgehead atoms. The van der Waals surface area contributed by atoms with Gasteiger partial charge in [-0.2, -0.15) is 13.2 Å². The lowest BCUT2D eigenvalue weighted by atomic mass is 10.5. The molecule has 0 saturated carbocycles. The van der Waals surface area contributed by atoms with Gasteiger partial charge in [-0.3, -0.25) is 0 Å². The zero-order valence-electron chi connectivity index (χ0n) is 17.6. The lowest BCUT2D eigenvalue weighted by Gasteiger charge is -2.38. The fourth-order valence-electron chi connectivity index (χ4n) is 2.37. The number of alkyl halides is 3. The summed E-state index contributed by atoms with van der Waals surface area (Å²) >= 11 is 0. The van der Waals surface area contributed by atoms with Gasteiger partial charge in [0.05, 0.1) is 6.61 Å². The fraction of sp³-hybridized carbons (Fsp3) is 0.750. The maximum Gasteiger partial charge on any atom is 0.422 e. The topological polar surface area (TPSA) is 71.1 Å². The van der Waals surface area contributed by atoms with Crippen molar-refractivity contribution in [2.75, 3.05) is 13.2 Å². The molecule has 0 aliphatic heterocycles. The lowest BCUT2D eigenvalue weighted by Crippen LogP contribution is -2.52. The molecule has 6 nitrogen and oxygen atoms in total. The summed E-state index contributed by atoms with van der Waals surface area (Å²) in [4.78, 5) is 22.6. The minimum Gasteiger partial charge on any atom is -0.463 e. The van der Waals surface area contributed by atoms with Crippen molar-refractivity contribution in [3.63, 3.8) is 0 Å². The first-order chi connectivity index (χ1) is 12.4. The Labute approximate surface area is 167 Å². The average Bonchev–Trinajstić information content (AvgIpc) is 2.42. The molecule has 12 heteroatoms. The van der Waals surface area contributed by atoms with Crippen LogP contribution in [-0.2, 0) is 27.3 Å². The Morgan fingerprint density at radius 1 is 0.821 bits per heavy atom. The second-order valence-corrected chi connectivity index (χ2v) is 21.2. The Kier molecular flexibility index (Phi) is 10.3. The molecule has 0 spiro atoms. The van der Waals surface area contributed by atoms with Gasteiger partial charge in [0.15, 0.2) is 23.2 Å².